The van der Waals surface area contributed by atoms with Crippen LogP contribution in [0.25, 0.3) is 10.4 Å². The minimum Gasteiger partial charge on any atom is -0.478 e. The number of ether oxygens (including phenoxy) is 3. The number of β-amino-alcohol motifs (C(OH)–C–C–N with tert-alkyl or cyclic N) is 1. The number of aryl methyl sites for hydroxylation is 2. The topological polar surface area (TPSA) is 200 Å². The Bertz CT molecular complexity index is 2710. The second-order valence-electron chi connectivity index (χ2n) is 19.4. The second kappa shape index (κ2) is 23.8. The zero-order valence-electron chi connectivity index (χ0n) is 41.7. The highest BCUT2D eigenvalue weighted by atomic mass is 32.1. The summed E-state index contributed by atoms with van der Waals surface area (Å²) < 4.78 is 73.9. The molecular weight excluding hydrogens is 993 g/mol. The maximum Gasteiger partial charge on any atom is 0.420 e. The summed E-state index contributed by atoms with van der Waals surface area (Å²) in [4.78, 5) is 67.2. The van der Waals surface area contributed by atoms with E-state index >= 15 is 4.39 Å². The number of hydrogen-bond donors (Lipinski definition) is 3. The van der Waals surface area contributed by atoms with Crippen molar-refractivity contribution in [2.75, 3.05) is 49.4 Å². The van der Waals surface area contributed by atoms with Gasteiger partial charge in [0.15, 0.2) is 10.9 Å². The van der Waals surface area contributed by atoms with Crippen LogP contribution >= 0.6 is 23.6 Å². The fraction of sp³-hybridized carbons (Fsp3) is 0.490. The molecule has 2 aliphatic rings. The van der Waals surface area contributed by atoms with Gasteiger partial charge in [-0.05, 0) is 99.8 Å². The molecule has 2 aromatic carbocycles. The number of hydrogen-bond acceptors (Lipinski definition) is 13. The van der Waals surface area contributed by atoms with Gasteiger partial charge in [0.2, 0.25) is 23.6 Å². The predicted octanol–water partition coefficient (Wildman–Crippen LogP) is 7.55. The van der Waals surface area contributed by atoms with Gasteiger partial charge in [0.1, 0.15) is 29.8 Å². The van der Waals surface area contributed by atoms with E-state index in [1.807, 2.05) is 52.0 Å². The van der Waals surface area contributed by atoms with Crippen LogP contribution in [-0.4, -0.2) is 112 Å². The molecule has 4 aromatic rings. The normalized spacial score (nSPS) is 17.2. The van der Waals surface area contributed by atoms with Gasteiger partial charge in [-0.25, -0.2) is 14.4 Å². The summed E-state index contributed by atoms with van der Waals surface area (Å²) in [7, 11) is 0. The van der Waals surface area contributed by atoms with Crippen molar-refractivity contribution in [3.63, 3.8) is 0 Å². The van der Waals surface area contributed by atoms with Gasteiger partial charge in [0, 0.05) is 45.4 Å². The first kappa shape index (κ1) is 56.2. The zero-order valence-corrected chi connectivity index (χ0v) is 43.4. The van der Waals surface area contributed by atoms with Crippen LogP contribution in [0.5, 0.6) is 5.88 Å². The van der Waals surface area contributed by atoms with E-state index in [9.17, 15) is 42.7 Å². The molecule has 16 nitrogen and oxygen atoms in total. The fourth-order valence-corrected chi connectivity index (χ4v) is 9.85. The first-order valence-corrected chi connectivity index (χ1v) is 25.0. The van der Waals surface area contributed by atoms with E-state index in [1.54, 1.807) is 29.8 Å². The highest BCUT2D eigenvalue weighted by molar-refractivity contribution is 7.81. The third kappa shape index (κ3) is 13.4. The number of aliphatic hydroxyl groups excluding tert-OH is 1. The summed E-state index contributed by atoms with van der Waals surface area (Å²) in [6.45, 7) is 13.5. The van der Waals surface area contributed by atoms with Crippen LogP contribution < -0.4 is 25.2 Å². The van der Waals surface area contributed by atoms with E-state index in [2.05, 4.69) is 20.6 Å². The molecule has 2 saturated heterocycles. The molecule has 2 aromatic heterocycles. The average Bonchev–Trinajstić information content (AvgIpc) is 3.99. The first-order valence-electron chi connectivity index (χ1n) is 23.7. The van der Waals surface area contributed by atoms with E-state index in [0.717, 1.165) is 46.7 Å². The molecule has 0 unspecified atom stereocenters. The summed E-state index contributed by atoms with van der Waals surface area (Å²) in [6, 6.07) is 10.6. The Morgan fingerprint density at radius 3 is 2.32 bits per heavy atom. The maximum absolute atomic E-state index is 15.4. The molecule has 4 heterocycles. The lowest BCUT2D eigenvalue weighted by Crippen LogP contribution is -2.58. The van der Waals surface area contributed by atoms with E-state index in [1.165, 1.54) is 35.9 Å². The second-order valence-corrected chi connectivity index (χ2v) is 20.6. The lowest BCUT2D eigenvalue weighted by atomic mass is 9.85. The average molecular weight is 1050 g/mol. The molecule has 6 rings (SSSR count). The molecule has 3 N–H and O–H groups in total. The monoisotopic (exact) mass is 1050 g/mol. The number of carbonyl (C=O) groups excluding carboxylic acids is 4. The minimum absolute atomic E-state index is 0.0407. The molecule has 0 radical (unpaired) electrons. The van der Waals surface area contributed by atoms with Gasteiger partial charge in [-0.2, -0.15) is 18.4 Å². The summed E-state index contributed by atoms with van der Waals surface area (Å²) in [5.41, 5.74) is 0.00300. The Balaban J connectivity index is 0.869. The number of nitrogens with one attached hydrogen (secondary N) is 2. The van der Waals surface area contributed by atoms with Crippen molar-refractivity contribution < 1.29 is 56.1 Å². The van der Waals surface area contributed by atoms with Crippen molar-refractivity contribution in [3.05, 3.63) is 87.9 Å². The van der Waals surface area contributed by atoms with Crippen LogP contribution in [0, 0.1) is 36.4 Å². The molecular formula is C51H60F4N8O8S2. The van der Waals surface area contributed by atoms with E-state index in [0.29, 0.717) is 54.7 Å². The summed E-state index contributed by atoms with van der Waals surface area (Å²) in [6.07, 6.45) is -1.87. The molecule has 0 aliphatic carbocycles. The van der Waals surface area contributed by atoms with Gasteiger partial charge in [-0.1, -0.05) is 45.0 Å². The predicted molar refractivity (Wildman–Crippen MR) is 269 cm³/mol. The quantitative estimate of drug-likeness (QED) is 0.0420. The highest BCUT2D eigenvalue weighted by Gasteiger charge is 2.52. The first-order chi connectivity index (χ1) is 34.4. The van der Waals surface area contributed by atoms with Crippen LogP contribution in [0.1, 0.15) is 94.7 Å². The van der Waals surface area contributed by atoms with Gasteiger partial charge < -0.3 is 39.8 Å². The van der Waals surface area contributed by atoms with Crippen molar-refractivity contribution in [1.82, 2.24) is 25.5 Å². The SMILES string of the molecule is Cc1cc(OCCCCCOCCCOCC(=O)N[C@H](C(=O)N2C[C@H](O)C[C@H]2C(=O)NCc2ccc(-c3scnc3C)cc2)C(C)(C)C)ncc1N1C(=S)N(c2ccc(C#N)c(C(F)(F)F)c2F)C(=O)C1(C)C. The highest BCUT2D eigenvalue weighted by Crippen LogP contribution is 2.43. The lowest BCUT2D eigenvalue weighted by molar-refractivity contribution is -0.144. The number of pyridine rings is 1. The van der Waals surface area contributed by atoms with Gasteiger partial charge in [-0.15, -0.1) is 11.3 Å². The molecule has 0 bridgehead atoms. The number of nitrogens with zero attached hydrogens (tertiary/aromatic N) is 6. The number of alkyl halides is 3. The van der Waals surface area contributed by atoms with E-state index in [4.69, 9.17) is 26.4 Å². The standard InChI is InChI=1S/C51H60F4N8O8S2/c1-30-22-40(57-26-38(30)63-48(72)62(47(68)50(63,6)7)36-17-16-34(24-56)41(42(36)52)51(53,54)55)71-21-10-8-9-18-69-19-11-20-70-28-39(65)60-44(49(3,4)5)46(67)61-27-35(64)23-37(61)45(66)58-25-32-12-14-33(15-13-32)43-31(2)59-29-73-43/h12-17,22,26,29,35,37,44,64H,8-11,18-21,23,25,27-28H2,1-7H3,(H,58,66)(H,60,65)/t35-,37+,44-/m1/s1. The number of thiazole rings is 1. The number of aromatic nitrogens is 2. The van der Waals surface area contributed by atoms with Crippen LogP contribution in [0.3, 0.4) is 0 Å². The van der Waals surface area contributed by atoms with Gasteiger partial charge >= 0.3 is 6.18 Å². The molecule has 392 valence electrons. The van der Waals surface area contributed by atoms with Crippen molar-refractivity contribution in [2.45, 2.75) is 117 Å². The van der Waals surface area contributed by atoms with Crippen molar-refractivity contribution in [2.24, 2.45) is 5.41 Å². The Labute approximate surface area is 431 Å². The van der Waals surface area contributed by atoms with Gasteiger partial charge in [0.05, 0.1) is 58.0 Å². The summed E-state index contributed by atoms with van der Waals surface area (Å²) in [5.74, 6) is -3.62. The number of rotatable bonds is 21. The number of aliphatic hydroxyl groups is 1. The molecule has 2 aliphatic heterocycles. The zero-order chi connectivity index (χ0) is 53.4. The Kier molecular flexibility index (Phi) is 18.3. The molecule has 3 atom stereocenters. The van der Waals surface area contributed by atoms with E-state index in [-0.39, 0.29) is 37.8 Å². The van der Waals surface area contributed by atoms with Crippen LogP contribution in [-0.2, 0) is 41.4 Å². The molecule has 2 fully saturated rings. The number of thiocarbonyl (C=S) groups is 1. The smallest absolute Gasteiger partial charge is 0.420 e. The van der Waals surface area contributed by atoms with Crippen molar-refractivity contribution >= 4 is 63.7 Å². The minimum atomic E-state index is -5.20. The molecule has 73 heavy (non-hydrogen) atoms. The number of benzene rings is 2. The summed E-state index contributed by atoms with van der Waals surface area (Å²) >= 11 is 7.10. The maximum atomic E-state index is 15.4. The van der Waals surface area contributed by atoms with Crippen LogP contribution in [0.15, 0.2) is 54.2 Å². The van der Waals surface area contributed by atoms with Gasteiger partial charge in [0.25, 0.3) is 5.91 Å². The van der Waals surface area contributed by atoms with Crippen molar-refractivity contribution in [1.29, 1.82) is 5.26 Å². The number of halogens is 4. The largest absolute Gasteiger partial charge is 0.478 e. The van der Waals surface area contributed by atoms with Crippen molar-refractivity contribution in [3.8, 4) is 22.4 Å². The molecule has 22 heteroatoms. The number of unbranched alkanes of at least 4 members (excludes halogenated alkanes) is 2. The van der Waals surface area contributed by atoms with Crippen LogP contribution in [0.2, 0.25) is 0 Å². The third-order valence-corrected chi connectivity index (χ3v) is 13.8. The molecule has 4 amide bonds. The third-order valence-electron chi connectivity index (χ3n) is 12.4. The van der Waals surface area contributed by atoms with Crippen LogP contribution in [0.4, 0.5) is 28.9 Å². The Morgan fingerprint density at radius 2 is 1.67 bits per heavy atom. The fourth-order valence-electron chi connectivity index (χ4n) is 8.53. The number of nitriles is 1. The molecule has 0 saturated carbocycles. The summed E-state index contributed by atoms with van der Waals surface area (Å²) in [5, 5.41) is 25.2. The lowest BCUT2D eigenvalue weighted by Gasteiger charge is -2.35. The Hall–Kier alpha value is -6.12. The number of anilines is 2. The van der Waals surface area contributed by atoms with Gasteiger partial charge in [-0.3, -0.25) is 24.1 Å². The number of carbonyl (C=O) groups is 4. The number of amides is 4. The molecule has 0 spiro atoms. The van der Waals surface area contributed by atoms with E-state index < -0.39 is 81.6 Å². The number of likely N-dealkylation sites (tertiary alicyclic amines) is 1. The Morgan fingerprint density at radius 1 is 0.986 bits per heavy atom.